The summed E-state index contributed by atoms with van der Waals surface area (Å²) in [5, 5.41) is 8.82. The van der Waals surface area contributed by atoms with E-state index in [2.05, 4.69) is 61.5 Å². The molecule has 0 heterocycles. The molecule has 2 saturated carbocycles. The maximum absolute atomic E-state index is 8.82. The van der Waals surface area contributed by atoms with Gasteiger partial charge in [0.1, 0.15) is 0 Å². The SMILES string of the molecule is CCCCCC1CCC(c2ccc(-c3ccc(C4CCC(CCC#N)CC4)cc3)cc2)CC1. The lowest BCUT2D eigenvalue weighted by Gasteiger charge is -2.29. The van der Waals surface area contributed by atoms with Crippen molar-refractivity contribution in [3.8, 4) is 17.2 Å². The predicted molar refractivity (Wildman–Crippen MR) is 140 cm³/mol. The number of hydrogen-bond acceptors (Lipinski definition) is 1. The van der Waals surface area contributed by atoms with Gasteiger partial charge in [-0.05, 0) is 104 Å². The van der Waals surface area contributed by atoms with Gasteiger partial charge in [-0.25, -0.2) is 0 Å². The van der Waals surface area contributed by atoms with Gasteiger partial charge in [0, 0.05) is 6.42 Å². The highest BCUT2D eigenvalue weighted by Gasteiger charge is 2.23. The van der Waals surface area contributed by atoms with Crippen molar-refractivity contribution in [1.29, 1.82) is 5.26 Å². The van der Waals surface area contributed by atoms with Crippen LogP contribution in [0.25, 0.3) is 11.1 Å². The third-order valence-corrected chi connectivity index (χ3v) is 8.67. The summed E-state index contributed by atoms with van der Waals surface area (Å²) in [5.74, 6) is 3.23. The summed E-state index contributed by atoms with van der Waals surface area (Å²) in [6, 6.07) is 21.2. The van der Waals surface area contributed by atoms with Crippen molar-refractivity contribution in [1.82, 2.24) is 0 Å². The fourth-order valence-electron chi connectivity index (χ4n) is 6.42. The summed E-state index contributed by atoms with van der Waals surface area (Å²) in [4.78, 5) is 0. The molecule has 0 atom stereocenters. The maximum Gasteiger partial charge on any atom is 0.0621 e. The van der Waals surface area contributed by atoms with Crippen LogP contribution in [0, 0.1) is 23.2 Å². The molecule has 2 fully saturated rings. The minimum Gasteiger partial charge on any atom is -0.198 e. The molecule has 1 nitrogen and oxygen atoms in total. The molecule has 0 spiro atoms. The normalized spacial score (nSPS) is 25.5. The standard InChI is InChI=1S/C32H43N/c1-2-3-4-6-25-8-12-27(13-9-25)29-16-20-31(21-17-29)32-22-18-30(19-23-32)28-14-10-26(11-15-28)7-5-24-33/h16-23,25-28H,2-15H2,1H3. The van der Waals surface area contributed by atoms with Gasteiger partial charge in [0.2, 0.25) is 0 Å². The highest BCUT2D eigenvalue weighted by molar-refractivity contribution is 5.64. The minimum atomic E-state index is 0.705. The van der Waals surface area contributed by atoms with Crippen molar-refractivity contribution in [2.75, 3.05) is 0 Å². The molecule has 2 aromatic carbocycles. The molecule has 4 rings (SSSR count). The van der Waals surface area contributed by atoms with Crippen LogP contribution < -0.4 is 0 Å². The summed E-state index contributed by atoms with van der Waals surface area (Å²) < 4.78 is 0. The number of rotatable bonds is 9. The molecule has 0 unspecified atom stereocenters. The number of benzene rings is 2. The van der Waals surface area contributed by atoms with E-state index in [4.69, 9.17) is 5.26 Å². The van der Waals surface area contributed by atoms with Crippen LogP contribution in [-0.4, -0.2) is 0 Å². The van der Waals surface area contributed by atoms with Gasteiger partial charge in [-0.2, -0.15) is 5.26 Å². The van der Waals surface area contributed by atoms with Crippen molar-refractivity contribution >= 4 is 0 Å². The Kier molecular flexibility index (Phi) is 9.05. The van der Waals surface area contributed by atoms with E-state index in [1.807, 2.05) is 0 Å². The lowest BCUT2D eigenvalue weighted by molar-refractivity contribution is 0.303. The molecule has 176 valence electrons. The van der Waals surface area contributed by atoms with Gasteiger partial charge < -0.3 is 0 Å². The Morgan fingerprint density at radius 2 is 1.09 bits per heavy atom. The van der Waals surface area contributed by atoms with Crippen molar-refractivity contribution in [2.24, 2.45) is 11.8 Å². The number of nitrogens with zero attached hydrogens (tertiary/aromatic N) is 1. The first kappa shape index (κ1) is 24.1. The fourth-order valence-corrected chi connectivity index (χ4v) is 6.42. The third kappa shape index (κ3) is 6.72. The largest absolute Gasteiger partial charge is 0.198 e. The quantitative estimate of drug-likeness (QED) is 0.355. The van der Waals surface area contributed by atoms with E-state index in [1.54, 1.807) is 5.56 Å². The second-order valence-electron chi connectivity index (χ2n) is 10.9. The molecular formula is C32H43N. The van der Waals surface area contributed by atoms with Crippen LogP contribution in [-0.2, 0) is 0 Å². The number of unbranched alkanes of at least 4 members (excludes halogenated alkanes) is 2. The van der Waals surface area contributed by atoms with Crippen molar-refractivity contribution in [2.45, 2.75) is 109 Å². The summed E-state index contributed by atoms with van der Waals surface area (Å²) >= 11 is 0. The molecule has 2 aliphatic carbocycles. The number of nitriles is 1. The average Bonchev–Trinajstić information content (AvgIpc) is 2.89. The molecule has 1 heteroatoms. The lowest BCUT2D eigenvalue weighted by Crippen LogP contribution is -2.13. The summed E-state index contributed by atoms with van der Waals surface area (Å²) in [5.41, 5.74) is 5.74. The van der Waals surface area contributed by atoms with Crippen LogP contribution in [0.2, 0.25) is 0 Å². The van der Waals surface area contributed by atoms with E-state index in [1.165, 1.54) is 93.7 Å². The summed E-state index contributed by atoms with van der Waals surface area (Å²) in [7, 11) is 0. The van der Waals surface area contributed by atoms with Crippen LogP contribution in [0.3, 0.4) is 0 Å². The smallest absolute Gasteiger partial charge is 0.0621 e. The third-order valence-electron chi connectivity index (χ3n) is 8.67. The second kappa shape index (κ2) is 12.4. The lowest BCUT2D eigenvalue weighted by atomic mass is 9.76. The van der Waals surface area contributed by atoms with Crippen LogP contribution in [0.4, 0.5) is 0 Å². The van der Waals surface area contributed by atoms with E-state index in [9.17, 15) is 0 Å². The Bertz CT molecular complexity index is 856. The van der Waals surface area contributed by atoms with E-state index in [-0.39, 0.29) is 0 Å². The molecule has 0 N–H and O–H groups in total. The zero-order chi connectivity index (χ0) is 22.9. The van der Waals surface area contributed by atoms with E-state index in [0.29, 0.717) is 5.92 Å². The van der Waals surface area contributed by atoms with E-state index in [0.717, 1.165) is 30.6 Å². The molecule has 0 amide bonds. The first-order valence-corrected chi connectivity index (χ1v) is 13.8. The highest BCUT2D eigenvalue weighted by Crippen LogP contribution is 2.39. The molecule has 2 aliphatic rings. The van der Waals surface area contributed by atoms with Crippen molar-refractivity contribution in [3.05, 3.63) is 59.7 Å². The van der Waals surface area contributed by atoms with Crippen molar-refractivity contribution in [3.63, 3.8) is 0 Å². The van der Waals surface area contributed by atoms with Crippen molar-refractivity contribution < 1.29 is 0 Å². The Hall–Kier alpha value is -2.07. The molecule has 2 aromatic rings. The summed E-state index contributed by atoms with van der Waals surface area (Å²) in [6.07, 6.45) is 18.2. The Balaban J connectivity index is 1.28. The van der Waals surface area contributed by atoms with Gasteiger partial charge in [-0.15, -0.1) is 0 Å². The molecule has 0 radical (unpaired) electrons. The zero-order valence-electron chi connectivity index (χ0n) is 20.8. The number of hydrogen-bond donors (Lipinski definition) is 0. The first-order chi connectivity index (χ1) is 16.3. The van der Waals surface area contributed by atoms with Gasteiger partial charge in [0.25, 0.3) is 0 Å². The van der Waals surface area contributed by atoms with Gasteiger partial charge in [0.05, 0.1) is 6.07 Å². The average molecular weight is 442 g/mol. The molecule has 33 heavy (non-hydrogen) atoms. The van der Waals surface area contributed by atoms with Gasteiger partial charge >= 0.3 is 0 Å². The highest BCUT2D eigenvalue weighted by atomic mass is 14.3. The van der Waals surface area contributed by atoms with Crippen LogP contribution in [0.5, 0.6) is 0 Å². The first-order valence-electron chi connectivity index (χ1n) is 13.8. The summed E-state index contributed by atoms with van der Waals surface area (Å²) in [6.45, 7) is 2.31. The second-order valence-corrected chi connectivity index (χ2v) is 10.9. The molecule has 0 aromatic heterocycles. The Labute approximate surface area is 202 Å². The van der Waals surface area contributed by atoms with Crippen LogP contribution in [0.1, 0.15) is 120 Å². The van der Waals surface area contributed by atoms with Gasteiger partial charge in [-0.1, -0.05) is 81.1 Å². The maximum atomic E-state index is 8.82. The van der Waals surface area contributed by atoms with Gasteiger partial charge in [-0.3, -0.25) is 0 Å². The Morgan fingerprint density at radius 3 is 1.52 bits per heavy atom. The molecule has 0 bridgehead atoms. The minimum absolute atomic E-state index is 0.705. The zero-order valence-corrected chi connectivity index (χ0v) is 20.8. The molecular weight excluding hydrogens is 398 g/mol. The van der Waals surface area contributed by atoms with E-state index < -0.39 is 0 Å². The molecule has 0 aliphatic heterocycles. The molecule has 0 saturated heterocycles. The monoisotopic (exact) mass is 441 g/mol. The van der Waals surface area contributed by atoms with Crippen LogP contribution >= 0.6 is 0 Å². The van der Waals surface area contributed by atoms with Crippen LogP contribution in [0.15, 0.2) is 48.5 Å². The van der Waals surface area contributed by atoms with Gasteiger partial charge in [0.15, 0.2) is 0 Å². The fraction of sp³-hybridized carbons (Fsp3) is 0.594. The van der Waals surface area contributed by atoms with E-state index >= 15 is 0 Å². The topological polar surface area (TPSA) is 23.8 Å². The predicted octanol–water partition coefficient (Wildman–Crippen LogP) is 9.79. The Morgan fingerprint density at radius 1 is 0.636 bits per heavy atom.